The van der Waals surface area contributed by atoms with Crippen LogP contribution in [-0.4, -0.2) is 12.5 Å². The number of nitriles is 1. The predicted octanol–water partition coefficient (Wildman–Crippen LogP) is 3.63. The highest BCUT2D eigenvalue weighted by molar-refractivity contribution is 6.30. The quantitative estimate of drug-likeness (QED) is 0.832. The van der Waals surface area contributed by atoms with Gasteiger partial charge in [-0.1, -0.05) is 23.7 Å². The Morgan fingerprint density at radius 3 is 2.71 bits per heavy atom. The summed E-state index contributed by atoms with van der Waals surface area (Å²) in [4.78, 5) is 11.3. The number of halogens is 2. The molecule has 1 N–H and O–H groups in total. The summed E-state index contributed by atoms with van der Waals surface area (Å²) in [6.07, 6.45) is 0.361. The van der Waals surface area contributed by atoms with Crippen molar-refractivity contribution in [2.45, 2.75) is 19.4 Å². The minimum absolute atomic E-state index is 0.163. The van der Waals surface area contributed by atoms with E-state index in [1.54, 1.807) is 36.4 Å². The highest BCUT2D eigenvalue weighted by Crippen LogP contribution is 2.24. The second kappa shape index (κ2) is 8.90. The second-order valence-corrected chi connectivity index (χ2v) is 5.54. The number of benzene rings is 2. The predicted molar refractivity (Wildman–Crippen MR) is 89.1 cm³/mol. The Balaban J connectivity index is 1.97. The Labute approximate surface area is 144 Å². The lowest BCUT2D eigenvalue weighted by atomic mass is 10.1. The number of hydrogen-bond acceptors (Lipinski definition) is 3. The molecule has 0 bridgehead atoms. The highest BCUT2D eigenvalue weighted by atomic mass is 35.5. The number of carbonyl (C=O) groups is 1. The van der Waals surface area contributed by atoms with Gasteiger partial charge in [-0.2, -0.15) is 5.26 Å². The first-order valence-electron chi connectivity index (χ1n) is 7.38. The van der Waals surface area contributed by atoms with Gasteiger partial charge in [-0.3, -0.25) is 4.79 Å². The Kier molecular flexibility index (Phi) is 6.59. The monoisotopic (exact) mass is 346 g/mol. The molecule has 0 aliphatic carbocycles. The molecule has 1 amide bonds. The fraction of sp³-hybridized carbons (Fsp3) is 0.222. The Morgan fingerprint density at radius 1 is 1.25 bits per heavy atom. The van der Waals surface area contributed by atoms with Gasteiger partial charge < -0.3 is 10.1 Å². The summed E-state index contributed by atoms with van der Waals surface area (Å²) < 4.78 is 18.7. The van der Waals surface area contributed by atoms with Crippen molar-refractivity contribution < 1.29 is 13.9 Å². The van der Waals surface area contributed by atoms with Gasteiger partial charge in [0.1, 0.15) is 24.6 Å². The molecule has 0 radical (unpaired) electrons. The van der Waals surface area contributed by atoms with Crippen LogP contribution in [0.4, 0.5) is 4.39 Å². The minimum atomic E-state index is -0.312. The number of amides is 1. The molecule has 0 atom stereocenters. The lowest BCUT2D eigenvalue weighted by Gasteiger charge is -2.12. The van der Waals surface area contributed by atoms with Crippen molar-refractivity contribution in [1.82, 2.24) is 5.32 Å². The van der Waals surface area contributed by atoms with Crippen molar-refractivity contribution >= 4 is 17.5 Å². The van der Waals surface area contributed by atoms with Crippen molar-refractivity contribution in [3.8, 4) is 11.8 Å². The van der Waals surface area contributed by atoms with Crippen molar-refractivity contribution in [2.24, 2.45) is 0 Å². The first kappa shape index (κ1) is 17.8. The van der Waals surface area contributed by atoms with Crippen LogP contribution in [0.2, 0.25) is 5.02 Å². The van der Waals surface area contributed by atoms with E-state index in [9.17, 15) is 9.18 Å². The molecule has 2 aromatic rings. The van der Waals surface area contributed by atoms with Crippen LogP contribution in [0.25, 0.3) is 0 Å². The number of nitrogens with one attached hydrogen (secondary N) is 1. The van der Waals surface area contributed by atoms with E-state index in [0.717, 1.165) is 11.1 Å². The molecule has 4 nitrogen and oxygen atoms in total. The summed E-state index contributed by atoms with van der Waals surface area (Å²) in [6, 6.07) is 13.1. The number of hydrogen-bond donors (Lipinski definition) is 1. The summed E-state index contributed by atoms with van der Waals surface area (Å²) in [7, 11) is 0. The Hall–Kier alpha value is -2.58. The molecule has 0 aliphatic heterocycles. The van der Waals surface area contributed by atoms with E-state index < -0.39 is 0 Å². The highest BCUT2D eigenvalue weighted by Gasteiger charge is 2.07. The van der Waals surface area contributed by atoms with Crippen molar-refractivity contribution in [1.29, 1.82) is 5.26 Å². The molecule has 6 heteroatoms. The van der Waals surface area contributed by atoms with Gasteiger partial charge in [0, 0.05) is 11.6 Å². The molecule has 0 aromatic heterocycles. The normalized spacial score (nSPS) is 10.0. The third-order valence-corrected chi connectivity index (χ3v) is 3.52. The van der Waals surface area contributed by atoms with Crippen LogP contribution < -0.4 is 10.1 Å². The first-order chi connectivity index (χ1) is 11.6. The van der Waals surface area contributed by atoms with Crippen LogP contribution in [0.5, 0.6) is 5.75 Å². The fourth-order valence-electron chi connectivity index (χ4n) is 2.10. The number of rotatable bonds is 7. The summed E-state index contributed by atoms with van der Waals surface area (Å²) in [5, 5.41) is 11.7. The summed E-state index contributed by atoms with van der Waals surface area (Å²) >= 11 is 6.01. The molecule has 2 rings (SSSR count). The molecular weight excluding hydrogens is 331 g/mol. The van der Waals surface area contributed by atoms with Gasteiger partial charge in [0.2, 0.25) is 5.91 Å². The van der Waals surface area contributed by atoms with Gasteiger partial charge in [-0.15, -0.1) is 0 Å². The van der Waals surface area contributed by atoms with Gasteiger partial charge in [0.05, 0.1) is 6.07 Å². The molecule has 0 saturated heterocycles. The average Bonchev–Trinajstić information content (AvgIpc) is 2.56. The van der Waals surface area contributed by atoms with Gasteiger partial charge in [-0.05, 0) is 47.9 Å². The smallest absolute Gasteiger partial charge is 0.234 e. The Morgan fingerprint density at radius 2 is 2.00 bits per heavy atom. The molecule has 0 unspecified atom stereocenters. The molecule has 24 heavy (non-hydrogen) atoms. The summed E-state index contributed by atoms with van der Waals surface area (Å²) in [6.45, 7) is 0.684. The van der Waals surface area contributed by atoms with Crippen molar-refractivity contribution in [2.75, 3.05) is 6.54 Å². The van der Waals surface area contributed by atoms with Crippen LogP contribution in [0.3, 0.4) is 0 Å². The standard InChI is InChI=1S/C18H16ClFN2O2/c19-15-3-6-17(24-12-13-1-4-16(20)5-2-13)14(11-15)8-10-22-18(23)7-9-21/h1-6,11H,7-8,10,12H2,(H,22,23). The van der Waals surface area contributed by atoms with Gasteiger partial charge in [0.25, 0.3) is 0 Å². The lowest BCUT2D eigenvalue weighted by molar-refractivity contribution is -0.120. The summed E-state index contributed by atoms with van der Waals surface area (Å²) in [5.74, 6) is 0.0469. The lowest BCUT2D eigenvalue weighted by Crippen LogP contribution is -2.25. The van der Waals surface area contributed by atoms with Crippen molar-refractivity contribution in [3.05, 3.63) is 64.4 Å². The minimum Gasteiger partial charge on any atom is -0.489 e. The van der Waals surface area contributed by atoms with E-state index in [1.165, 1.54) is 12.1 Å². The third kappa shape index (κ3) is 5.56. The third-order valence-electron chi connectivity index (χ3n) is 3.29. The van der Waals surface area contributed by atoms with Crippen LogP contribution in [0.1, 0.15) is 17.5 Å². The van der Waals surface area contributed by atoms with E-state index in [2.05, 4.69) is 5.32 Å². The topological polar surface area (TPSA) is 62.1 Å². The van der Waals surface area contributed by atoms with Crippen molar-refractivity contribution in [3.63, 3.8) is 0 Å². The van der Waals surface area contributed by atoms with Crippen LogP contribution >= 0.6 is 11.6 Å². The number of ether oxygens (including phenoxy) is 1. The van der Waals surface area contributed by atoms with Gasteiger partial charge >= 0.3 is 0 Å². The van der Waals surface area contributed by atoms with Gasteiger partial charge in [-0.25, -0.2) is 4.39 Å². The molecule has 2 aromatic carbocycles. The zero-order valence-corrected chi connectivity index (χ0v) is 13.6. The Bertz CT molecular complexity index is 742. The van der Waals surface area contributed by atoms with E-state index >= 15 is 0 Å². The van der Waals surface area contributed by atoms with Crippen LogP contribution in [0, 0.1) is 17.1 Å². The summed E-state index contributed by atoms with van der Waals surface area (Å²) in [5.41, 5.74) is 1.70. The second-order valence-electron chi connectivity index (χ2n) is 5.10. The van der Waals surface area contributed by atoms with Crippen LogP contribution in [0.15, 0.2) is 42.5 Å². The number of nitrogens with zero attached hydrogens (tertiary/aromatic N) is 1. The maximum absolute atomic E-state index is 12.9. The molecule has 0 spiro atoms. The van der Waals surface area contributed by atoms with E-state index in [4.69, 9.17) is 21.6 Å². The zero-order chi connectivity index (χ0) is 17.4. The molecule has 0 heterocycles. The SMILES string of the molecule is N#CCC(=O)NCCc1cc(Cl)ccc1OCc1ccc(F)cc1. The van der Waals surface area contributed by atoms with Crippen LogP contribution in [-0.2, 0) is 17.8 Å². The molecule has 0 fully saturated rings. The van der Waals surface area contributed by atoms with E-state index in [-0.39, 0.29) is 18.1 Å². The fourth-order valence-corrected chi connectivity index (χ4v) is 2.29. The number of carbonyl (C=O) groups excluding carboxylic acids is 1. The molecular formula is C18H16ClFN2O2. The van der Waals surface area contributed by atoms with E-state index in [1.807, 2.05) is 0 Å². The molecule has 0 aliphatic rings. The molecule has 0 saturated carbocycles. The molecule has 124 valence electrons. The first-order valence-corrected chi connectivity index (χ1v) is 7.75. The van der Waals surface area contributed by atoms with E-state index in [0.29, 0.717) is 30.3 Å². The maximum Gasteiger partial charge on any atom is 0.234 e. The largest absolute Gasteiger partial charge is 0.489 e. The van der Waals surface area contributed by atoms with Gasteiger partial charge in [0.15, 0.2) is 0 Å². The zero-order valence-electron chi connectivity index (χ0n) is 12.9. The maximum atomic E-state index is 12.9. The average molecular weight is 347 g/mol.